The highest BCUT2D eigenvalue weighted by Gasteiger charge is 2.23. The van der Waals surface area contributed by atoms with Gasteiger partial charge < -0.3 is 10.1 Å². The third-order valence-electron chi connectivity index (χ3n) is 2.60. The number of piperidine rings is 1. The Bertz CT molecular complexity index is 270. The molecule has 0 aromatic heterocycles. The van der Waals surface area contributed by atoms with Crippen LogP contribution in [0.1, 0.15) is 40.5 Å². The van der Waals surface area contributed by atoms with Crippen LogP contribution >= 0.6 is 0 Å². The summed E-state index contributed by atoms with van der Waals surface area (Å²) in [7, 11) is 0. The van der Waals surface area contributed by atoms with Crippen molar-refractivity contribution in [2.24, 2.45) is 5.92 Å². The molecule has 0 radical (unpaired) electrons. The average molecular weight is 274 g/mol. The van der Waals surface area contributed by atoms with Crippen molar-refractivity contribution < 1.29 is 19.5 Å². The number of hydrogen-bond donors (Lipinski definition) is 2. The van der Waals surface area contributed by atoms with E-state index in [1.54, 1.807) is 6.92 Å². The van der Waals surface area contributed by atoms with Gasteiger partial charge in [-0.15, -0.1) is 0 Å². The molecule has 1 saturated heterocycles. The number of amides is 1. The van der Waals surface area contributed by atoms with E-state index < -0.39 is 0 Å². The number of carbonyl (C=O) groups is 2. The van der Waals surface area contributed by atoms with Gasteiger partial charge in [-0.1, -0.05) is 0 Å². The summed E-state index contributed by atoms with van der Waals surface area (Å²) >= 11 is 0. The van der Waals surface area contributed by atoms with Crippen molar-refractivity contribution in [2.45, 2.75) is 46.1 Å². The first kappa shape index (κ1) is 17.9. The molecule has 1 unspecified atom stereocenters. The molecule has 6 heteroatoms. The number of hydroxylamine groups is 2. The Kier molecular flexibility index (Phi) is 8.34. The van der Waals surface area contributed by atoms with E-state index in [-0.39, 0.29) is 17.4 Å². The van der Waals surface area contributed by atoms with Crippen LogP contribution in [0.4, 0.5) is 0 Å². The molecule has 19 heavy (non-hydrogen) atoms. The summed E-state index contributed by atoms with van der Waals surface area (Å²) in [5, 5.41) is 13.1. The van der Waals surface area contributed by atoms with Crippen molar-refractivity contribution in [1.82, 2.24) is 10.4 Å². The fourth-order valence-electron chi connectivity index (χ4n) is 1.57. The van der Waals surface area contributed by atoms with Gasteiger partial charge in [0, 0.05) is 13.1 Å². The zero-order valence-electron chi connectivity index (χ0n) is 12.3. The van der Waals surface area contributed by atoms with Crippen LogP contribution in [0.3, 0.4) is 0 Å². The maximum Gasteiger partial charge on any atom is 0.293 e. The van der Waals surface area contributed by atoms with E-state index in [2.05, 4.69) is 10.1 Å². The van der Waals surface area contributed by atoms with Crippen molar-refractivity contribution in [3.63, 3.8) is 0 Å². The first-order valence-corrected chi connectivity index (χ1v) is 6.64. The van der Waals surface area contributed by atoms with Gasteiger partial charge in [0.25, 0.3) is 6.47 Å². The van der Waals surface area contributed by atoms with E-state index in [4.69, 9.17) is 5.21 Å². The Balaban J connectivity index is 0.000000399. The van der Waals surface area contributed by atoms with Gasteiger partial charge in [-0.3, -0.25) is 14.8 Å². The van der Waals surface area contributed by atoms with Crippen LogP contribution < -0.4 is 5.32 Å². The van der Waals surface area contributed by atoms with E-state index >= 15 is 0 Å². The number of nitrogens with zero attached hydrogens (tertiary/aromatic N) is 1. The number of hydrogen-bond acceptors (Lipinski definition) is 5. The molecule has 1 aliphatic rings. The second-order valence-corrected chi connectivity index (χ2v) is 5.42. The number of nitrogens with one attached hydrogen (secondary N) is 1. The predicted molar refractivity (Wildman–Crippen MR) is 71.7 cm³/mol. The fourth-order valence-corrected chi connectivity index (χ4v) is 1.57. The molecule has 0 aromatic carbocycles. The molecular formula is C13H26N2O4. The highest BCUT2D eigenvalue weighted by Crippen LogP contribution is 2.12. The second-order valence-electron chi connectivity index (χ2n) is 5.42. The fraction of sp³-hybridized carbons (Fsp3) is 0.846. The smallest absolute Gasteiger partial charge is 0.293 e. The van der Waals surface area contributed by atoms with E-state index in [1.807, 2.05) is 20.8 Å². The van der Waals surface area contributed by atoms with E-state index in [0.29, 0.717) is 19.6 Å². The van der Waals surface area contributed by atoms with E-state index in [1.165, 1.54) is 0 Å². The van der Waals surface area contributed by atoms with Crippen LogP contribution in [0.15, 0.2) is 0 Å². The Labute approximate surface area is 115 Å². The zero-order chi connectivity index (χ0) is 14.9. The van der Waals surface area contributed by atoms with Crippen molar-refractivity contribution in [2.75, 3.05) is 19.6 Å². The highest BCUT2D eigenvalue weighted by molar-refractivity contribution is 5.77. The molecular weight excluding hydrogens is 248 g/mol. The maximum atomic E-state index is 11.4. The first-order valence-electron chi connectivity index (χ1n) is 6.64. The number of rotatable bonds is 3. The molecule has 1 heterocycles. The predicted octanol–water partition coefficient (Wildman–Crippen LogP) is 1.18. The van der Waals surface area contributed by atoms with Crippen LogP contribution in [-0.4, -0.2) is 47.9 Å². The minimum absolute atomic E-state index is 0.0244. The van der Waals surface area contributed by atoms with Crippen molar-refractivity contribution in [1.29, 1.82) is 0 Å². The Morgan fingerprint density at radius 1 is 1.53 bits per heavy atom. The van der Waals surface area contributed by atoms with Gasteiger partial charge in [0.1, 0.15) is 5.60 Å². The summed E-state index contributed by atoms with van der Waals surface area (Å²) in [6, 6.07) is 0. The largest absolute Gasteiger partial charge is 0.462 e. The van der Waals surface area contributed by atoms with Gasteiger partial charge in [-0.2, -0.15) is 0 Å². The lowest BCUT2D eigenvalue weighted by Crippen LogP contribution is -2.41. The molecule has 0 aromatic rings. The molecule has 1 fully saturated rings. The lowest BCUT2D eigenvalue weighted by Gasteiger charge is -2.24. The Hall–Kier alpha value is -1.14. The SMILES string of the molecule is CC(C)(C)OC=O.CCN(O)C(=O)C1CCCNC1. The monoisotopic (exact) mass is 274 g/mol. The molecule has 1 aliphatic heterocycles. The van der Waals surface area contributed by atoms with E-state index in [0.717, 1.165) is 24.4 Å². The van der Waals surface area contributed by atoms with Gasteiger partial charge in [0.2, 0.25) is 5.91 Å². The van der Waals surface area contributed by atoms with Gasteiger partial charge in [-0.25, -0.2) is 5.06 Å². The standard InChI is InChI=1S/C8H16N2O2.C5H10O2/c1-2-10(12)8(11)7-4-3-5-9-6-7;1-5(2,3)7-4-6/h7,9,12H,2-6H2,1H3;4H,1-3H3. The molecule has 2 N–H and O–H groups in total. The van der Waals surface area contributed by atoms with Crippen molar-refractivity contribution in [3.8, 4) is 0 Å². The molecule has 1 atom stereocenters. The molecule has 6 nitrogen and oxygen atoms in total. The van der Waals surface area contributed by atoms with Crippen molar-refractivity contribution >= 4 is 12.4 Å². The molecule has 112 valence electrons. The van der Waals surface area contributed by atoms with Crippen LogP contribution in [0.5, 0.6) is 0 Å². The zero-order valence-corrected chi connectivity index (χ0v) is 12.3. The molecule has 0 bridgehead atoms. The topological polar surface area (TPSA) is 78.9 Å². The molecule has 0 saturated carbocycles. The highest BCUT2D eigenvalue weighted by atomic mass is 16.5. The summed E-state index contributed by atoms with van der Waals surface area (Å²) in [5.41, 5.74) is -0.318. The minimum Gasteiger partial charge on any atom is -0.462 e. The quantitative estimate of drug-likeness (QED) is 0.459. The van der Waals surface area contributed by atoms with Gasteiger partial charge in [0.15, 0.2) is 0 Å². The lowest BCUT2D eigenvalue weighted by molar-refractivity contribution is -0.169. The van der Waals surface area contributed by atoms with Gasteiger partial charge in [0.05, 0.1) is 5.92 Å². The molecule has 0 spiro atoms. The summed E-state index contributed by atoms with van der Waals surface area (Å²) in [5.74, 6) is -0.173. The van der Waals surface area contributed by atoms with Crippen LogP contribution in [0, 0.1) is 5.92 Å². The third-order valence-corrected chi connectivity index (χ3v) is 2.60. The molecule has 0 aliphatic carbocycles. The average Bonchev–Trinajstić information content (AvgIpc) is 2.37. The maximum absolute atomic E-state index is 11.4. The summed E-state index contributed by atoms with van der Waals surface area (Å²) in [6.07, 6.45) is 1.91. The second kappa shape index (κ2) is 8.87. The van der Waals surface area contributed by atoms with Gasteiger partial charge >= 0.3 is 0 Å². The van der Waals surface area contributed by atoms with Gasteiger partial charge in [-0.05, 0) is 47.1 Å². The molecule has 1 amide bonds. The Morgan fingerprint density at radius 3 is 2.47 bits per heavy atom. The minimum atomic E-state index is -0.318. The first-order chi connectivity index (χ1) is 8.81. The normalized spacial score (nSPS) is 18.9. The summed E-state index contributed by atoms with van der Waals surface area (Å²) < 4.78 is 4.55. The number of carbonyl (C=O) groups excluding carboxylic acids is 2. The summed E-state index contributed by atoms with van der Waals surface area (Å²) in [6.45, 7) is 9.74. The summed E-state index contributed by atoms with van der Waals surface area (Å²) in [4.78, 5) is 21.0. The lowest BCUT2D eigenvalue weighted by atomic mass is 9.99. The van der Waals surface area contributed by atoms with Crippen LogP contribution in [0.2, 0.25) is 0 Å². The van der Waals surface area contributed by atoms with Crippen LogP contribution in [0.25, 0.3) is 0 Å². The molecule has 1 rings (SSSR count). The number of ether oxygens (including phenoxy) is 1. The third kappa shape index (κ3) is 8.56. The van der Waals surface area contributed by atoms with Crippen LogP contribution in [-0.2, 0) is 14.3 Å². The Morgan fingerprint density at radius 2 is 2.16 bits per heavy atom. The van der Waals surface area contributed by atoms with Crippen molar-refractivity contribution in [3.05, 3.63) is 0 Å². The van der Waals surface area contributed by atoms with E-state index in [9.17, 15) is 9.59 Å².